The van der Waals surface area contributed by atoms with Gasteiger partial charge in [0.1, 0.15) is 0 Å². The lowest BCUT2D eigenvalue weighted by atomic mass is 10.2. The van der Waals surface area contributed by atoms with Crippen LogP contribution < -0.4 is 5.73 Å². The highest BCUT2D eigenvalue weighted by Gasteiger charge is 2.01. The van der Waals surface area contributed by atoms with Crippen LogP contribution in [-0.4, -0.2) is 21.8 Å². The maximum Gasteiger partial charge on any atom is 0.276 e. The molecular formula is C8H14N4OS. The fourth-order valence-electron chi connectivity index (χ4n) is 0.914. The lowest BCUT2D eigenvalue weighted by molar-refractivity contribution is 0.429. The molecule has 5 nitrogen and oxygen atoms in total. The summed E-state index contributed by atoms with van der Waals surface area (Å²) in [7, 11) is 0. The molecule has 6 heteroatoms. The Morgan fingerprint density at radius 2 is 2.29 bits per heavy atom. The highest BCUT2D eigenvalue weighted by atomic mass is 32.2. The van der Waals surface area contributed by atoms with Crippen LogP contribution in [0.25, 0.3) is 0 Å². The Morgan fingerprint density at radius 1 is 1.50 bits per heavy atom. The van der Waals surface area contributed by atoms with Gasteiger partial charge in [0.05, 0.1) is 5.84 Å². The molecule has 0 saturated heterocycles. The molecule has 1 aromatic heterocycles. The quantitative estimate of drug-likeness (QED) is 0.325. The second-order valence-corrected chi connectivity index (χ2v) is 3.96. The SMILES string of the molecule is Cc1nnc(SCCCCC(=N)N)o1. The molecule has 0 bridgehead atoms. The monoisotopic (exact) mass is 214 g/mol. The molecule has 0 fully saturated rings. The summed E-state index contributed by atoms with van der Waals surface area (Å²) in [5.41, 5.74) is 5.22. The van der Waals surface area contributed by atoms with E-state index in [-0.39, 0.29) is 5.84 Å². The van der Waals surface area contributed by atoms with E-state index < -0.39 is 0 Å². The summed E-state index contributed by atoms with van der Waals surface area (Å²) in [6, 6.07) is 0. The third kappa shape index (κ3) is 4.27. The maximum atomic E-state index is 7.03. The van der Waals surface area contributed by atoms with Crippen molar-refractivity contribution in [1.29, 1.82) is 5.41 Å². The Labute approximate surface area is 87.0 Å². The van der Waals surface area contributed by atoms with Crippen LogP contribution in [0.15, 0.2) is 9.64 Å². The van der Waals surface area contributed by atoms with Gasteiger partial charge in [0.25, 0.3) is 5.22 Å². The molecule has 0 aliphatic heterocycles. The number of nitrogens with one attached hydrogen (secondary N) is 1. The number of rotatable bonds is 6. The molecule has 1 heterocycles. The number of nitrogens with zero attached hydrogens (tertiary/aromatic N) is 2. The first-order chi connectivity index (χ1) is 6.68. The number of nitrogens with two attached hydrogens (primary N) is 1. The van der Waals surface area contributed by atoms with Gasteiger partial charge in [-0.25, -0.2) is 0 Å². The molecule has 0 aromatic carbocycles. The zero-order valence-corrected chi connectivity index (χ0v) is 8.93. The number of thioether (sulfide) groups is 1. The molecule has 0 saturated carbocycles. The highest BCUT2D eigenvalue weighted by molar-refractivity contribution is 7.99. The summed E-state index contributed by atoms with van der Waals surface area (Å²) in [5.74, 6) is 1.77. The van der Waals surface area contributed by atoms with Crippen LogP contribution in [0, 0.1) is 12.3 Å². The zero-order valence-electron chi connectivity index (χ0n) is 8.12. The largest absolute Gasteiger partial charge is 0.416 e. The van der Waals surface area contributed by atoms with Gasteiger partial charge in [-0.3, -0.25) is 5.41 Å². The zero-order chi connectivity index (χ0) is 10.4. The van der Waals surface area contributed by atoms with Crippen LogP contribution in [-0.2, 0) is 0 Å². The summed E-state index contributed by atoms with van der Waals surface area (Å²) in [6.45, 7) is 1.77. The van der Waals surface area contributed by atoms with Crippen molar-refractivity contribution in [2.75, 3.05) is 5.75 Å². The number of unbranched alkanes of at least 4 members (excludes halogenated alkanes) is 1. The van der Waals surface area contributed by atoms with E-state index in [1.54, 1.807) is 18.7 Å². The molecule has 0 unspecified atom stereocenters. The van der Waals surface area contributed by atoms with Gasteiger partial charge in [-0.05, 0) is 12.8 Å². The van der Waals surface area contributed by atoms with Gasteiger partial charge in [0.2, 0.25) is 5.89 Å². The maximum absolute atomic E-state index is 7.03. The average molecular weight is 214 g/mol. The second-order valence-electron chi connectivity index (χ2n) is 2.92. The number of aryl methyl sites for hydroxylation is 1. The van der Waals surface area contributed by atoms with Gasteiger partial charge in [0, 0.05) is 19.1 Å². The van der Waals surface area contributed by atoms with Gasteiger partial charge in [-0.1, -0.05) is 11.8 Å². The van der Waals surface area contributed by atoms with Crippen LogP contribution in [0.2, 0.25) is 0 Å². The Bertz CT molecular complexity index is 299. The van der Waals surface area contributed by atoms with Crippen molar-refractivity contribution < 1.29 is 4.42 Å². The van der Waals surface area contributed by atoms with Crippen molar-refractivity contribution in [3.8, 4) is 0 Å². The van der Waals surface area contributed by atoms with Crippen LogP contribution in [0.5, 0.6) is 0 Å². The minimum absolute atomic E-state index is 0.253. The van der Waals surface area contributed by atoms with Crippen LogP contribution in [0.4, 0.5) is 0 Å². The molecule has 0 aliphatic rings. The Hall–Kier alpha value is -1.04. The summed E-state index contributed by atoms with van der Waals surface area (Å²) in [4.78, 5) is 0. The van der Waals surface area contributed by atoms with Crippen LogP contribution >= 0.6 is 11.8 Å². The van der Waals surface area contributed by atoms with E-state index in [1.807, 2.05) is 0 Å². The number of aromatic nitrogens is 2. The summed E-state index contributed by atoms with van der Waals surface area (Å²) >= 11 is 1.54. The standard InChI is InChI=1S/C8H14N4OS/c1-6-11-12-8(13-6)14-5-3-2-4-7(9)10/h2-5H2,1H3,(H3,9,10). The molecule has 1 rings (SSSR count). The minimum atomic E-state index is 0.253. The van der Waals surface area contributed by atoms with E-state index >= 15 is 0 Å². The van der Waals surface area contributed by atoms with Crippen molar-refractivity contribution in [2.45, 2.75) is 31.4 Å². The lowest BCUT2D eigenvalue weighted by Crippen LogP contribution is -2.08. The van der Waals surface area contributed by atoms with E-state index in [0.717, 1.165) is 18.6 Å². The average Bonchev–Trinajstić information content (AvgIpc) is 2.50. The molecule has 0 amide bonds. The van der Waals surface area contributed by atoms with E-state index in [1.165, 1.54) is 0 Å². The molecule has 0 radical (unpaired) electrons. The fourth-order valence-corrected chi connectivity index (χ4v) is 1.71. The van der Waals surface area contributed by atoms with E-state index in [4.69, 9.17) is 15.6 Å². The lowest BCUT2D eigenvalue weighted by Gasteiger charge is -1.97. The molecule has 1 aromatic rings. The van der Waals surface area contributed by atoms with Crippen LogP contribution in [0.3, 0.4) is 0 Å². The first kappa shape index (κ1) is 11.0. The Kier molecular flexibility index (Phi) is 4.45. The number of hydrogen-bond donors (Lipinski definition) is 2. The molecule has 78 valence electrons. The van der Waals surface area contributed by atoms with Gasteiger partial charge in [-0.15, -0.1) is 10.2 Å². The predicted molar refractivity (Wildman–Crippen MR) is 55.5 cm³/mol. The third-order valence-electron chi connectivity index (χ3n) is 1.57. The molecule has 0 spiro atoms. The topological polar surface area (TPSA) is 88.8 Å². The first-order valence-electron chi connectivity index (χ1n) is 4.44. The van der Waals surface area contributed by atoms with Crippen molar-refractivity contribution in [1.82, 2.24) is 10.2 Å². The van der Waals surface area contributed by atoms with Crippen molar-refractivity contribution in [3.63, 3.8) is 0 Å². The van der Waals surface area contributed by atoms with Crippen molar-refractivity contribution in [3.05, 3.63) is 5.89 Å². The van der Waals surface area contributed by atoms with E-state index in [2.05, 4.69) is 10.2 Å². The van der Waals surface area contributed by atoms with Crippen LogP contribution in [0.1, 0.15) is 25.2 Å². The van der Waals surface area contributed by atoms with Gasteiger partial charge in [-0.2, -0.15) is 0 Å². The van der Waals surface area contributed by atoms with Crippen molar-refractivity contribution in [2.24, 2.45) is 5.73 Å². The van der Waals surface area contributed by atoms with Gasteiger partial charge >= 0.3 is 0 Å². The summed E-state index contributed by atoms with van der Waals surface area (Å²) in [6.07, 6.45) is 2.62. The summed E-state index contributed by atoms with van der Waals surface area (Å²) < 4.78 is 5.18. The van der Waals surface area contributed by atoms with Gasteiger partial charge < -0.3 is 10.2 Å². The smallest absolute Gasteiger partial charge is 0.276 e. The highest BCUT2D eigenvalue weighted by Crippen LogP contribution is 2.17. The molecule has 0 atom stereocenters. The molecule has 0 aliphatic carbocycles. The van der Waals surface area contributed by atoms with Crippen molar-refractivity contribution >= 4 is 17.6 Å². The molecule has 3 N–H and O–H groups in total. The fraction of sp³-hybridized carbons (Fsp3) is 0.625. The Balaban J connectivity index is 2.07. The minimum Gasteiger partial charge on any atom is -0.416 e. The Morgan fingerprint density at radius 3 is 2.86 bits per heavy atom. The predicted octanol–water partition coefficient (Wildman–Crippen LogP) is 1.58. The summed E-state index contributed by atoms with van der Waals surface area (Å²) in [5, 5.41) is 15.2. The van der Waals surface area contributed by atoms with E-state index in [0.29, 0.717) is 17.5 Å². The normalized spacial score (nSPS) is 10.4. The molecular weight excluding hydrogens is 200 g/mol. The first-order valence-corrected chi connectivity index (χ1v) is 5.43. The third-order valence-corrected chi connectivity index (χ3v) is 2.48. The van der Waals surface area contributed by atoms with Gasteiger partial charge in [0.15, 0.2) is 0 Å². The molecule has 14 heavy (non-hydrogen) atoms. The number of hydrogen-bond acceptors (Lipinski definition) is 5. The number of amidine groups is 1. The second kappa shape index (κ2) is 5.64. The van der Waals surface area contributed by atoms with E-state index in [9.17, 15) is 0 Å².